The number of carbonyl (C=O) groups excluding carboxylic acids is 1. The quantitative estimate of drug-likeness (QED) is 0.838. The fourth-order valence-corrected chi connectivity index (χ4v) is 3.51. The second kappa shape index (κ2) is 7.32. The molecule has 3 atom stereocenters. The molecule has 1 saturated heterocycles. The van der Waals surface area contributed by atoms with E-state index in [1.807, 2.05) is 12.1 Å². The molecule has 2 aliphatic rings. The van der Waals surface area contributed by atoms with E-state index in [-0.39, 0.29) is 11.9 Å². The summed E-state index contributed by atoms with van der Waals surface area (Å²) >= 11 is 0. The maximum Gasteiger partial charge on any atom is 0.244 e. The Bertz CT molecular complexity index is 786. The molecule has 6 heteroatoms. The van der Waals surface area contributed by atoms with Crippen LogP contribution >= 0.6 is 0 Å². The predicted molar refractivity (Wildman–Crippen MR) is 99.7 cm³/mol. The van der Waals surface area contributed by atoms with E-state index >= 15 is 0 Å². The lowest BCUT2D eigenvalue weighted by molar-refractivity contribution is -0.117. The molecule has 0 radical (unpaired) electrons. The van der Waals surface area contributed by atoms with Crippen LogP contribution in [-0.2, 0) is 4.79 Å². The highest BCUT2D eigenvalue weighted by atomic mass is 16.3. The van der Waals surface area contributed by atoms with E-state index in [4.69, 9.17) is 4.42 Å². The van der Waals surface area contributed by atoms with Crippen LogP contribution in [0.3, 0.4) is 0 Å². The SMILES string of the molecule is C[C@@H]1C[C@H]1c1ccc(/C=C/C(=O)N[C@H]2CCCN(c3ncccn3)C2)o1. The number of hydrogen-bond acceptors (Lipinski definition) is 5. The molecule has 4 rings (SSSR count). The average Bonchev–Trinajstić information content (AvgIpc) is 3.21. The monoisotopic (exact) mass is 352 g/mol. The smallest absolute Gasteiger partial charge is 0.244 e. The van der Waals surface area contributed by atoms with E-state index in [2.05, 4.69) is 27.1 Å². The molecule has 0 unspecified atom stereocenters. The van der Waals surface area contributed by atoms with Gasteiger partial charge in [-0.1, -0.05) is 6.92 Å². The van der Waals surface area contributed by atoms with Crippen molar-refractivity contribution in [3.63, 3.8) is 0 Å². The third-order valence-corrected chi connectivity index (χ3v) is 5.12. The molecule has 3 heterocycles. The minimum absolute atomic E-state index is 0.0939. The summed E-state index contributed by atoms with van der Waals surface area (Å²) in [6.45, 7) is 3.87. The number of nitrogens with zero attached hydrogens (tertiary/aromatic N) is 3. The minimum Gasteiger partial charge on any atom is -0.461 e. The average molecular weight is 352 g/mol. The van der Waals surface area contributed by atoms with Crippen LogP contribution in [-0.4, -0.2) is 35.0 Å². The van der Waals surface area contributed by atoms with Crippen molar-refractivity contribution in [3.8, 4) is 0 Å². The summed E-state index contributed by atoms with van der Waals surface area (Å²) in [5.41, 5.74) is 0. The summed E-state index contributed by atoms with van der Waals surface area (Å²) in [6.07, 6.45) is 9.95. The highest BCUT2D eigenvalue weighted by molar-refractivity contribution is 5.91. The van der Waals surface area contributed by atoms with Crippen LogP contribution in [0.5, 0.6) is 0 Å². The minimum atomic E-state index is -0.0939. The standard InChI is InChI=1S/C20H24N4O2/c1-14-12-17(14)18-7-5-16(26-18)6-8-19(25)23-15-4-2-11-24(13-15)20-21-9-3-10-22-20/h3,5-10,14-15,17H,2,4,11-13H2,1H3,(H,23,25)/b8-6+/t14-,15+,17-/m1/s1. The topological polar surface area (TPSA) is 71.3 Å². The Morgan fingerprint density at radius 3 is 2.92 bits per heavy atom. The fourth-order valence-electron chi connectivity index (χ4n) is 3.51. The van der Waals surface area contributed by atoms with Gasteiger partial charge in [0.1, 0.15) is 11.5 Å². The van der Waals surface area contributed by atoms with Crippen LogP contribution in [0.15, 0.2) is 41.1 Å². The number of piperidine rings is 1. The molecule has 2 fully saturated rings. The Balaban J connectivity index is 1.30. The van der Waals surface area contributed by atoms with Gasteiger partial charge in [-0.15, -0.1) is 0 Å². The number of anilines is 1. The lowest BCUT2D eigenvalue weighted by atomic mass is 10.1. The maximum absolute atomic E-state index is 12.2. The van der Waals surface area contributed by atoms with Crippen LogP contribution < -0.4 is 10.2 Å². The first kappa shape index (κ1) is 16.8. The Hall–Kier alpha value is -2.63. The molecular formula is C20H24N4O2. The van der Waals surface area contributed by atoms with Crippen LogP contribution in [0.2, 0.25) is 0 Å². The number of furan rings is 1. The summed E-state index contributed by atoms with van der Waals surface area (Å²) < 4.78 is 5.80. The Labute approximate surface area is 153 Å². The molecule has 1 aliphatic carbocycles. The molecule has 2 aromatic heterocycles. The van der Waals surface area contributed by atoms with Crippen molar-refractivity contribution in [2.75, 3.05) is 18.0 Å². The first-order chi connectivity index (χ1) is 12.7. The van der Waals surface area contributed by atoms with Crippen LogP contribution in [0, 0.1) is 5.92 Å². The van der Waals surface area contributed by atoms with E-state index in [1.54, 1.807) is 30.6 Å². The Morgan fingerprint density at radius 2 is 2.15 bits per heavy atom. The van der Waals surface area contributed by atoms with Gasteiger partial charge < -0.3 is 14.6 Å². The van der Waals surface area contributed by atoms with Gasteiger partial charge in [-0.05, 0) is 49.5 Å². The van der Waals surface area contributed by atoms with Crippen molar-refractivity contribution in [2.45, 2.75) is 38.1 Å². The zero-order valence-electron chi connectivity index (χ0n) is 15.0. The van der Waals surface area contributed by atoms with E-state index in [0.717, 1.165) is 43.4 Å². The molecule has 26 heavy (non-hydrogen) atoms. The molecule has 136 valence electrons. The molecule has 6 nitrogen and oxygen atoms in total. The van der Waals surface area contributed by atoms with Crippen molar-refractivity contribution < 1.29 is 9.21 Å². The van der Waals surface area contributed by atoms with Gasteiger partial charge in [-0.2, -0.15) is 0 Å². The molecule has 2 aromatic rings. The summed E-state index contributed by atoms with van der Waals surface area (Å²) in [4.78, 5) is 23.0. The second-order valence-corrected chi connectivity index (χ2v) is 7.24. The molecule has 1 N–H and O–H groups in total. The number of nitrogens with one attached hydrogen (secondary N) is 1. The summed E-state index contributed by atoms with van der Waals surface area (Å²) in [7, 11) is 0. The van der Waals surface area contributed by atoms with Crippen molar-refractivity contribution >= 4 is 17.9 Å². The van der Waals surface area contributed by atoms with Crippen LogP contribution in [0.4, 0.5) is 5.95 Å². The predicted octanol–water partition coefficient (Wildman–Crippen LogP) is 2.99. The Morgan fingerprint density at radius 1 is 1.35 bits per heavy atom. The molecule has 0 aromatic carbocycles. The molecule has 0 spiro atoms. The van der Waals surface area contributed by atoms with Gasteiger partial charge in [0.2, 0.25) is 11.9 Å². The van der Waals surface area contributed by atoms with E-state index in [0.29, 0.717) is 11.8 Å². The Kier molecular flexibility index (Phi) is 4.73. The van der Waals surface area contributed by atoms with Crippen LogP contribution in [0.1, 0.15) is 43.6 Å². The van der Waals surface area contributed by atoms with Gasteiger partial charge in [0.05, 0.1) is 0 Å². The largest absolute Gasteiger partial charge is 0.461 e. The summed E-state index contributed by atoms with van der Waals surface area (Å²) in [5.74, 6) is 3.66. The second-order valence-electron chi connectivity index (χ2n) is 7.24. The van der Waals surface area contributed by atoms with Crippen molar-refractivity contribution in [2.24, 2.45) is 5.92 Å². The normalized spacial score (nSPS) is 25.4. The van der Waals surface area contributed by atoms with Gasteiger partial charge in [0.25, 0.3) is 0 Å². The lowest BCUT2D eigenvalue weighted by Crippen LogP contribution is -2.47. The number of amides is 1. The molecule has 1 aliphatic heterocycles. The van der Waals surface area contributed by atoms with Gasteiger partial charge in [-0.25, -0.2) is 9.97 Å². The van der Waals surface area contributed by atoms with Crippen molar-refractivity contribution in [1.29, 1.82) is 0 Å². The third-order valence-electron chi connectivity index (χ3n) is 5.12. The molecule has 0 bridgehead atoms. The lowest BCUT2D eigenvalue weighted by Gasteiger charge is -2.32. The summed E-state index contributed by atoms with van der Waals surface area (Å²) in [6, 6.07) is 5.86. The zero-order chi connectivity index (χ0) is 17.9. The summed E-state index contributed by atoms with van der Waals surface area (Å²) in [5, 5.41) is 3.07. The first-order valence-electron chi connectivity index (χ1n) is 9.29. The molecule has 1 saturated carbocycles. The molecular weight excluding hydrogens is 328 g/mol. The van der Waals surface area contributed by atoms with Gasteiger partial charge >= 0.3 is 0 Å². The van der Waals surface area contributed by atoms with Crippen molar-refractivity contribution in [1.82, 2.24) is 15.3 Å². The van der Waals surface area contributed by atoms with Crippen LogP contribution in [0.25, 0.3) is 6.08 Å². The number of rotatable bonds is 5. The van der Waals surface area contributed by atoms with Crippen molar-refractivity contribution in [3.05, 3.63) is 48.2 Å². The van der Waals surface area contributed by atoms with Gasteiger partial charge in [-0.3, -0.25) is 4.79 Å². The molecule has 1 amide bonds. The van der Waals surface area contributed by atoms with Gasteiger partial charge in [0.15, 0.2) is 0 Å². The third kappa shape index (κ3) is 3.95. The number of carbonyl (C=O) groups is 1. The first-order valence-corrected chi connectivity index (χ1v) is 9.29. The maximum atomic E-state index is 12.2. The van der Waals surface area contributed by atoms with E-state index < -0.39 is 0 Å². The zero-order valence-corrected chi connectivity index (χ0v) is 15.0. The number of aromatic nitrogens is 2. The number of hydrogen-bond donors (Lipinski definition) is 1. The highest BCUT2D eigenvalue weighted by Gasteiger charge is 2.36. The van der Waals surface area contributed by atoms with Gasteiger partial charge in [0, 0.05) is 43.5 Å². The highest BCUT2D eigenvalue weighted by Crippen LogP contribution is 2.47. The van der Waals surface area contributed by atoms with E-state index in [1.165, 1.54) is 6.42 Å². The van der Waals surface area contributed by atoms with E-state index in [9.17, 15) is 4.79 Å². The fraction of sp³-hybridized carbons (Fsp3) is 0.450.